The van der Waals surface area contributed by atoms with Crippen LogP contribution < -0.4 is 15.5 Å². The van der Waals surface area contributed by atoms with Crippen molar-refractivity contribution < 1.29 is 17.6 Å². The van der Waals surface area contributed by atoms with Crippen LogP contribution >= 0.6 is 23.2 Å². The van der Waals surface area contributed by atoms with E-state index in [-0.39, 0.29) is 38.1 Å². The molecule has 1 amide bonds. The first kappa shape index (κ1) is 21.9. The maximum Gasteiger partial charge on any atom is 0.291 e. The number of sulfonamides is 1. The van der Waals surface area contributed by atoms with Crippen LogP contribution in [0.15, 0.2) is 86.9 Å². The van der Waals surface area contributed by atoms with Crippen LogP contribution in [-0.2, 0) is 10.0 Å². The number of amides is 1. The Labute approximate surface area is 192 Å². The average Bonchev–Trinajstić information content (AvgIpc) is 2.74. The molecule has 0 bridgehead atoms. The van der Waals surface area contributed by atoms with Crippen molar-refractivity contribution >= 4 is 61.5 Å². The van der Waals surface area contributed by atoms with Crippen molar-refractivity contribution in [2.24, 2.45) is 0 Å². The number of fused-ring (bicyclic) bond motifs is 1. The fourth-order valence-corrected chi connectivity index (χ4v) is 4.72. The van der Waals surface area contributed by atoms with Gasteiger partial charge in [-0.25, -0.2) is 8.42 Å². The molecule has 0 saturated heterocycles. The van der Waals surface area contributed by atoms with Crippen LogP contribution in [-0.4, -0.2) is 14.3 Å². The number of para-hydroxylation sites is 1. The largest absolute Gasteiger partial charge is 0.451 e. The van der Waals surface area contributed by atoms with Crippen LogP contribution in [0.4, 0.5) is 11.4 Å². The highest BCUT2D eigenvalue weighted by Gasteiger charge is 2.20. The number of halogens is 2. The molecule has 4 aromatic rings. The first-order chi connectivity index (χ1) is 15.2. The van der Waals surface area contributed by atoms with Crippen LogP contribution in [0.3, 0.4) is 0 Å². The van der Waals surface area contributed by atoms with Crippen molar-refractivity contribution in [1.82, 2.24) is 0 Å². The Morgan fingerprint density at radius 2 is 1.66 bits per heavy atom. The summed E-state index contributed by atoms with van der Waals surface area (Å²) in [6.45, 7) is 0. The SMILES string of the molecule is O=C(Nc1ccc(Cl)c(S(=O)(=O)Nc2cccc(Cl)c2)c1)c1cc(=O)c2ccccc2o1. The Morgan fingerprint density at radius 1 is 0.875 bits per heavy atom. The van der Waals surface area contributed by atoms with Gasteiger partial charge in [-0.05, 0) is 48.5 Å². The van der Waals surface area contributed by atoms with Gasteiger partial charge in [-0.1, -0.05) is 41.4 Å². The molecule has 0 spiro atoms. The Balaban J connectivity index is 1.63. The minimum absolute atomic E-state index is 0.0465. The molecule has 162 valence electrons. The summed E-state index contributed by atoms with van der Waals surface area (Å²) < 4.78 is 33.5. The van der Waals surface area contributed by atoms with E-state index in [1.165, 1.54) is 30.3 Å². The van der Waals surface area contributed by atoms with Gasteiger partial charge < -0.3 is 9.73 Å². The van der Waals surface area contributed by atoms with Gasteiger partial charge in [0.25, 0.3) is 15.9 Å². The molecule has 1 heterocycles. The summed E-state index contributed by atoms with van der Waals surface area (Å²) in [5.41, 5.74) is 0.278. The van der Waals surface area contributed by atoms with E-state index < -0.39 is 15.9 Å². The number of hydrogen-bond donors (Lipinski definition) is 2. The van der Waals surface area contributed by atoms with E-state index in [9.17, 15) is 18.0 Å². The molecule has 0 radical (unpaired) electrons. The van der Waals surface area contributed by atoms with Crippen LogP contribution in [0.5, 0.6) is 0 Å². The van der Waals surface area contributed by atoms with Gasteiger partial charge >= 0.3 is 0 Å². The van der Waals surface area contributed by atoms with Crippen LogP contribution in [0.2, 0.25) is 10.0 Å². The number of benzene rings is 3. The third-order valence-corrected chi connectivity index (χ3v) is 6.51. The van der Waals surface area contributed by atoms with Gasteiger partial charge in [0.1, 0.15) is 10.5 Å². The molecule has 10 heteroatoms. The van der Waals surface area contributed by atoms with Gasteiger partial charge in [0.2, 0.25) is 0 Å². The number of nitrogens with one attached hydrogen (secondary N) is 2. The lowest BCUT2D eigenvalue weighted by atomic mass is 10.2. The van der Waals surface area contributed by atoms with Crippen LogP contribution in [0.1, 0.15) is 10.6 Å². The summed E-state index contributed by atoms with van der Waals surface area (Å²) in [6.07, 6.45) is 0. The topological polar surface area (TPSA) is 105 Å². The lowest BCUT2D eigenvalue weighted by Gasteiger charge is -2.12. The van der Waals surface area contributed by atoms with Crippen LogP contribution in [0, 0.1) is 0 Å². The van der Waals surface area contributed by atoms with Gasteiger partial charge in [0.05, 0.1) is 16.1 Å². The van der Waals surface area contributed by atoms with E-state index in [4.69, 9.17) is 27.6 Å². The summed E-state index contributed by atoms with van der Waals surface area (Å²) in [5, 5.41) is 3.17. The van der Waals surface area contributed by atoms with E-state index in [2.05, 4.69) is 10.0 Å². The molecule has 0 fully saturated rings. The van der Waals surface area contributed by atoms with E-state index in [0.717, 1.165) is 6.07 Å². The van der Waals surface area contributed by atoms with Gasteiger partial charge in [0.15, 0.2) is 11.2 Å². The summed E-state index contributed by atoms with van der Waals surface area (Å²) in [4.78, 5) is 24.6. The molecule has 4 rings (SSSR count). The second kappa shape index (κ2) is 8.66. The first-order valence-electron chi connectivity index (χ1n) is 9.15. The molecule has 32 heavy (non-hydrogen) atoms. The highest BCUT2D eigenvalue weighted by molar-refractivity contribution is 7.92. The molecule has 3 aromatic carbocycles. The van der Waals surface area contributed by atoms with Crippen molar-refractivity contribution in [3.63, 3.8) is 0 Å². The zero-order valence-electron chi connectivity index (χ0n) is 16.1. The lowest BCUT2D eigenvalue weighted by molar-refractivity contribution is 0.0997. The Bertz CT molecular complexity index is 1520. The maximum absolute atomic E-state index is 12.8. The van der Waals surface area contributed by atoms with Crippen LogP contribution in [0.25, 0.3) is 11.0 Å². The monoisotopic (exact) mass is 488 g/mol. The molecule has 0 aliphatic heterocycles. The van der Waals surface area contributed by atoms with Gasteiger partial charge in [-0.15, -0.1) is 0 Å². The van der Waals surface area contributed by atoms with E-state index >= 15 is 0 Å². The van der Waals surface area contributed by atoms with Crippen molar-refractivity contribution in [2.75, 3.05) is 10.0 Å². The van der Waals surface area contributed by atoms with E-state index in [1.54, 1.807) is 36.4 Å². The number of carbonyl (C=O) groups is 1. The molecular formula is C22H14Cl2N2O5S. The second-order valence-corrected chi connectivity index (χ2v) is 9.18. The van der Waals surface area contributed by atoms with E-state index in [0.29, 0.717) is 10.4 Å². The zero-order chi connectivity index (χ0) is 22.9. The van der Waals surface area contributed by atoms with Crippen molar-refractivity contribution in [2.45, 2.75) is 4.90 Å². The predicted octanol–water partition coefficient (Wildman–Crippen LogP) is 5.15. The average molecular weight is 489 g/mol. The summed E-state index contributed by atoms with van der Waals surface area (Å²) in [5.74, 6) is -0.938. The highest BCUT2D eigenvalue weighted by atomic mass is 35.5. The number of hydrogen-bond acceptors (Lipinski definition) is 5. The molecule has 0 unspecified atom stereocenters. The molecule has 0 saturated carbocycles. The molecule has 1 aromatic heterocycles. The summed E-state index contributed by atoms with van der Waals surface area (Å²) >= 11 is 12.0. The van der Waals surface area contributed by atoms with Gasteiger partial charge in [0, 0.05) is 16.8 Å². The molecular weight excluding hydrogens is 475 g/mol. The Hall–Kier alpha value is -3.33. The fraction of sp³-hybridized carbons (Fsp3) is 0. The van der Waals surface area contributed by atoms with Crippen molar-refractivity contribution in [1.29, 1.82) is 0 Å². The normalized spacial score (nSPS) is 11.3. The fourth-order valence-electron chi connectivity index (χ4n) is 2.96. The summed E-state index contributed by atoms with van der Waals surface area (Å²) in [7, 11) is -4.08. The van der Waals surface area contributed by atoms with Crippen molar-refractivity contribution in [3.05, 3.63) is 98.8 Å². The maximum atomic E-state index is 12.8. The van der Waals surface area contributed by atoms with Gasteiger partial charge in [-0.2, -0.15) is 0 Å². The quantitative estimate of drug-likeness (QED) is 0.403. The molecule has 7 nitrogen and oxygen atoms in total. The third kappa shape index (κ3) is 4.62. The molecule has 0 aliphatic rings. The standard InChI is InChI=1S/C22H14Cl2N2O5S/c23-13-4-3-5-15(10-13)26-32(29,30)21-11-14(8-9-17(21)24)25-22(28)20-12-18(27)16-6-1-2-7-19(16)31-20/h1-12,26H,(H,25,28). The molecule has 2 N–H and O–H groups in total. The van der Waals surface area contributed by atoms with Gasteiger partial charge in [-0.3, -0.25) is 14.3 Å². The first-order valence-corrected chi connectivity index (χ1v) is 11.4. The number of rotatable bonds is 5. The lowest BCUT2D eigenvalue weighted by Crippen LogP contribution is -2.17. The predicted molar refractivity (Wildman–Crippen MR) is 124 cm³/mol. The number of anilines is 2. The summed E-state index contributed by atoms with van der Waals surface area (Å²) in [6, 6.07) is 17.7. The van der Waals surface area contributed by atoms with E-state index in [1.807, 2.05) is 0 Å². The molecule has 0 atom stereocenters. The minimum atomic E-state index is -4.08. The number of carbonyl (C=O) groups excluding carboxylic acids is 1. The zero-order valence-corrected chi connectivity index (χ0v) is 18.5. The minimum Gasteiger partial charge on any atom is -0.451 e. The Kier molecular flexibility index (Phi) is 5.92. The smallest absolute Gasteiger partial charge is 0.291 e. The highest BCUT2D eigenvalue weighted by Crippen LogP contribution is 2.28. The third-order valence-electron chi connectivity index (χ3n) is 4.41. The Morgan fingerprint density at radius 3 is 2.44 bits per heavy atom. The van der Waals surface area contributed by atoms with Crippen molar-refractivity contribution in [3.8, 4) is 0 Å². The molecule has 0 aliphatic carbocycles. The second-order valence-electron chi connectivity index (χ2n) is 6.69.